The molecule has 0 atom stereocenters. The van der Waals surface area contributed by atoms with E-state index in [9.17, 15) is 0 Å². The first kappa shape index (κ1) is 34.0. The minimum atomic E-state index is -2.58. The van der Waals surface area contributed by atoms with E-state index in [1.807, 2.05) is 0 Å². The van der Waals surface area contributed by atoms with Crippen LogP contribution in [0.5, 0.6) is 0 Å². The zero-order valence-corrected chi connectivity index (χ0v) is 25.6. The lowest BCUT2D eigenvalue weighted by Crippen LogP contribution is -2.44. The highest BCUT2D eigenvalue weighted by atomic mass is 28.4. The minimum Gasteiger partial charge on any atom is -0.377 e. The summed E-state index contributed by atoms with van der Waals surface area (Å²) in [5.74, 6) is 0. The first-order chi connectivity index (χ1) is 16.3. The van der Waals surface area contributed by atoms with Gasteiger partial charge in [-0.3, -0.25) is 0 Å². The molecule has 0 aromatic carbocycles. The predicted molar refractivity (Wildman–Crippen MR) is 150 cm³/mol. The Balaban J connectivity index is 5.50. The molecule has 6 nitrogen and oxygen atoms in total. The largest absolute Gasteiger partial charge is 0.500 e. The monoisotopic (exact) mass is 503 g/mol. The third-order valence-corrected chi connectivity index (χ3v) is 10.2. The van der Waals surface area contributed by atoms with Gasteiger partial charge >= 0.3 is 8.80 Å². The second kappa shape index (κ2) is 20.1. The van der Waals surface area contributed by atoms with E-state index in [4.69, 9.17) is 13.3 Å². The normalized spacial score (nSPS) is 13.1. The minimum absolute atomic E-state index is 0.320. The second-order valence-corrected chi connectivity index (χ2v) is 13.6. The molecule has 0 fully saturated rings. The van der Waals surface area contributed by atoms with Gasteiger partial charge in [-0.2, -0.15) is 0 Å². The zero-order chi connectivity index (χ0) is 25.9. The Kier molecular flexibility index (Phi) is 20.1. The molecule has 0 aromatic heterocycles. The van der Waals surface area contributed by atoms with E-state index >= 15 is 0 Å². The number of rotatable bonds is 24. The summed E-state index contributed by atoms with van der Waals surface area (Å²) in [5, 5.41) is 0. The summed E-state index contributed by atoms with van der Waals surface area (Å²) in [5.41, 5.74) is 0.320. The molecule has 0 radical (unpaired) electrons. The van der Waals surface area contributed by atoms with Crippen LogP contribution in [0.15, 0.2) is 0 Å². The Bertz CT molecular complexity index is 413. The van der Waals surface area contributed by atoms with E-state index in [1.54, 1.807) is 21.3 Å². The number of hydrogen-bond donors (Lipinski definition) is 0. The van der Waals surface area contributed by atoms with Crippen LogP contribution in [0.4, 0.5) is 0 Å². The van der Waals surface area contributed by atoms with Crippen molar-refractivity contribution in [3.63, 3.8) is 0 Å². The standard InChI is InChI=1S/C27H61N3O3Si/c1-10-20-28(4)23-13-16-27(17-14-24-29(5)21-11-2,18-15-25-30(6)22-12-3)19-26-34(31-7,32-8)33-9/h10-26H2,1-9H3. The van der Waals surface area contributed by atoms with E-state index in [0.29, 0.717) is 5.41 Å². The van der Waals surface area contributed by atoms with Crippen molar-refractivity contribution < 1.29 is 13.3 Å². The molecule has 0 aromatic rings. The van der Waals surface area contributed by atoms with Gasteiger partial charge in [0.2, 0.25) is 0 Å². The van der Waals surface area contributed by atoms with Crippen LogP contribution in [0.1, 0.15) is 85.0 Å². The van der Waals surface area contributed by atoms with Gasteiger partial charge in [-0.1, -0.05) is 20.8 Å². The third kappa shape index (κ3) is 14.5. The molecule has 0 saturated carbocycles. The molecule has 0 N–H and O–H groups in total. The lowest BCUT2D eigenvalue weighted by Gasteiger charge is -2.38. The topological polar surface area (TPSA) is 37.4 Å². The maximum Gasteiger partial charge on any atom is 0.500 e. The van der Waals surface area contributed by atoms with Gasteiger partial charge in [0, 0.05) is 27.4 Å². The van der Waals surface area contributed by atoms with Crippen molar-refractivity contribution in [1.29, 1.82) is 0 Å². The molecular weight excluding hydrogens is 442 g/mol. The molecule has 0 unspecified atom stereocenters. The van der Waals surface area contributed by atoms with Crippen molar-refractivity contribution in [2.24, 2.45) is 5.41 Å². The average Bonchev–Trinajstić information content (AvgIpc) is 2.81. The maximum atomic E-state index is 5.83. The fraction of sp³-hybridized carbons (Fsp3) is 1.00. The highest BCUT2D eigenvalue weighted by Crippen LogP contribution is 2.42. The van der Waals surface area contributed by atoms with Crippen molar-refractivity contribution in [1.82, 2.24) is 14.7 Å². The molecule has 206 valence electrons. The first-order valence-electron chi connectivity index (χ1n) is 14.0. The Morgan fingerprint density at radius 3 is 1.12 bits per heavy atom. The van der Waals surface area contributed by atoms with Crippen molar-refractivity contribution in [3.8, 4) is 0 Å². The van der Waals surface area contributed by atoms with Gasteiger partial charge in [0.25, 0.3) is 0 Å². The van der Waals surface area contributed by atoms with Gasteiger partial charge in [-0.15, -0.1) is 0 Å². The van der Waals surface area contributed by atoms with Crippen LogP contribution in [0.2, 0.25) is 6.04 Å². The first-order valence-corrected chi connectivity index (χ1v) is 15.9. The van der Waals surface area contributed by atoms with E-state index in [-0.39, 0.29) is 0 Å². The molecule has 0 saturated heterocycles. The molecule has 0 amide bonds. The molecule has 34 heavy (non-hydrogen) atoms. The molecule has 0 rings (SSSR count). The van der Waals surface area contributed by atoms with Gasteiger partial charge in [0.05, 0.1) is 0 Å². The van der Waals surface area contributed by atoms with Crippen LogP contribution in [0.3, 0.4) is 0 Å². The van der Waals surface area contributed by atoms with Gasteiger partial charge in [0.15, 0.2) is 0 Å². The summed E-state index contributed by atoms with van der Waals surface area (Å²) in [7, 11) is 9.47. The summed E-state index contributed by atoms with van der Waals surface area (Å²) in [6.07, 6.45) is 12.4. The summed E-state index contributed by atoms with van der Waals surface area (Å²) >= 11 is 0. The van der Waals surface area contributed by atoms with Gasteiger partial charge in [0.1, 0.15) is 0 Å². The van der Waals surface area contributed by atoms with E-state index in [1.165, 1.54) is 97.1 Å². The van der Waals surface area contributed by atoms with Crippen molar-refractivity contribution in [2.75, 3.05) is 81.7 Å². The zero-order valence-electron chi connectivity index (χ0n) is 24.6. The number of hydrogen-bond acceptors (Lipinski definition) is 6. The Labute approximate surface area is 215 Å². The van der Waals surface area contributed by atoms with E-state index < -0.39 is 8.80 Å². The Morgan fingerprint density at radius 2 is 0.853 bits per heavy atom. The van der Waals surface area contributed by atoms with Gasteiger partial charge in [-0.05, 0) is 130 Å². The van der Waals surface area contributed by atoms with Crippen LogP contribution in [0.25, 0.3) is 0 Å². The van der Waals surface area contributed by atoms with Crippen LogP contribution in [-0.4, -0.2) is 105 Å². The van der Waals surface area contributed by atoms with E-state index in [2.05, 4.69) is 56.6 Å². The SMILES string of the molecule is CCCN(C)CCCC(CCCN(C)CCC)(CCCN(C)CCC)CC[Si](OC)(OC)OC. The van der Waals surface area contributed by atoms with Crippen molar-refractivity contribution in [3.05, 3.63) is 0 Å². The predicted octanol–water partition coefficient (Wildman–Crippen LogP) is 5.61. The van der Waals surface area contributed by atoms with Crippen molar-refractivity contribution in [2.45, 2.75) is 91.0 Å². The van der Waals surface area contributed by atoms with Crippen LogP contribution >= 0.6 is 0 Å². The second-order valence-electron chi connectivity index (χ2n) is 10.5. The number of nitrogens with zero attached hydrogens (tertiary/aromatic N) is 3. The van der Waals surface area contributed by atoms with Gasteiger partial charge < -0.3 is 28.0 Å². The highest BCUT2D eigenvalue weighted by Gasteiger charge is 2.41. The maximum absolute atomic E-state index is 5.83. The quantitative estimate of drug-likeness (QED) is 0.159. The summed E-state index contributed by atoms with van der Waals surface area (Å²) in [4.78, 5) is 7.48. The molecular formula is C27H61N3O3Si. The van der Waals surface area contributed by atoms with E-state index in [0.717, 1.165) is 12.5 Å². The molecule has 0 aliphatic heterocycles. The summed E-state index contributed by atoms with van der Waals surface area (Å²) in [6, 6.07) is 0.900. The molecule has 0 aliphatic rings. The molecule has 0 heterocycles. The van der Waals surface area contributed by atoms with Crippen molar-refractivity contribution >= 4 is 8.80 Å². The fourth-order valence-electron chi connectivity index (χ4n) is 5.38. The highest BCUT2D eigenvalue weighted by molar-refractivity contribution is 6.60. The Hall–Kier alpha value is -0.0231. The van der Waals surface area contributed by atoms with Gasteiger partial charge in [-0.25, -0.2) is 0 Å². The lowest BCUT2D eigenvalue weighted by atomic mass is 9.73. The molecule has 0 aliphatic carbocycles. The Morgan fingerprint density at radius 1 is 0.529 bits per heavy atom. The third-order valence-electron chi connectivity index (χ3n) is 7.45. The molecule has 7 heteroatoms. The summed E-state index contributed by atoms with van der Waals surface area (Å²) in [6.45, 7) is 13.9. The molecule has 0 spiro atoms. The smallest absolute Gasteiger partial charge is 0.377 e. The van der Waals surface area contributed by atoms with Crippen LogP contribution in [-0.2, 0) is 13.3 Å². The van der Waals surface area contributed by atoms with Crippen LogP contribution in [0, 0.1) is 5.41 Å². The lowest BCUT2D eigenvalue weighted by molar-refractivity contribution is 0.107. The van der Waals surface area contributed by atoms with Crippen LogP contribution < -0.4 is 0 Å². The summed E-state index contributed by atoms with van der Waals surface area (Å²) < 4.78 is 17.5. The fourth-order valence-corrected chi connectivity index (χ4v) is 7.33. The molecule has 0 bridgehead atoms. The average molecular weight is 504 g/mol.